The SMILES string of the molecule is C1=CC2CCN[C@@H]2[C@@H]2CCCCC12. The van der Waals surface area contributed by atoms with Gasteiger partial charge in [0.15, 0.2) is 0 Å². The second-order valence-corrected chi connectivity index (χ2v) is 4.93. The molecule has 3 aliphatic rings. The van der Waals surface area contributed by atoms with Gasteiger partial charge < -0.3 is 5.32 Å². The molecule has 0 aromatic rings. The van der Waals surface area contributed by atoms with E-state index >= 15 is 0 Å². The first kappa shape index (κ1) is 8.05. The topological polar surface area (TPSA) is 12.0 Å². The van der Waals surface area contributed by atoms with Gasteiger partial charge in [0, 0.05) is 6.04 Å². The van der Waals surface area contributed by atoms with Crippen molar-refractivity contribution >= 4 is 0 Å². The standard InChI is InChI=1S/C12H19N/c1-2-4-11-9(3-1)5-6-10-7-8-13-12(10)11/h5-6,9-13H,1-4,7-8H2/t9?,10?,11-,12+/m1/s1. The molecule has 1 aliphatic heterocycles. The minimum absolute atomic E-state index is 0.843. The summed E-state index contributed by atoms with van der Waals surface area (Å²) in [5, 5.41) is 3.71. The lowest BCUT2D eigenvalue weighted by atomic mass is 9.69. The number of rotatable bonds is 0. The summed E-state index contributed by atoms with van der Waals surface area (Å²) in [6, 6.07) is 0.843. The van der Waals surface area contributed by atoms with Gasteiger partial charge in [-0.1, -0.05) is 25.0 Å². The van der Waals surface area contributed by atoms with Gasteiger partial charge in [-0.2, -0.15) is 0 Å². The van der Waals surface area contributed by atoms with Gasteiger partial charge in [-0.05, 0) is 43.6 Å². The van der Waals surface area contributed by atoms with E-state index in [1.165, 1.54) is 38.6 Å². The Morgan fingerprint density at radius 1 is 0.923 bits per heavy atom. The molecule has 0 spiro atoms. The van der Waals surface area contributed by atoms with Crippen LogP contribution in [0.25, 0.3) is 0 Å². The summed E-state index contributed by atoms with van der Waals surface area (Å²) < 4.78 is 0. The Bertz CT molecular complexity index is 221. The summed E-state index contributed by atoms with van der Waals surface area (Å²) in [4.78, 5) is 0. The van der Waals surface area contributed by atoms with Gasteiger partial charge in [-0.3, -0.25) is 0 Å². The van der Waals surface area contributed by atoms with Crippen molar-refractivity contribution in [3.05, 3.63) is 12.2 Å². The Balaban J connectivity index is 1.85. The van der Waals surface area contributed by atoms with Crippen LogP contribution < -0.4 is 5.32 Å². The molecule has 72 valence electrons. The van der Waals surface area contributed by atoms with Crippen molar-refractivity contribution in [2.75, 3.05) is 6.54 Å². The summed E-state index contributed by atoms with van der Waals surface area (Å²) in [6.07, 6.45) is 12.3. The lowest BCUT2D eigenvalue weighted by Crippen LogP contribution is -2.41. The Kier molecular flexibility index (Phi) is 1.93. The summed E-state index contributed by atoms with van der Waals surface area (Å²) >= 11 is 0. The zero-order valence-corrected chi connectivity index (χ0v) is 8.21. The smallest absolute Gasteiger partial charge is 0.0164 e. The van der Waals surface area contributed by atoms with Gasteiger partial charge in [0.05, 0.1) is 0 Å². The maximum absolute atomic E-state index is 3.71. The van der Waals surface area contributed by atoms with E-state index in [1.807, 2.05) is 0 Å². The average Bonchev–Trinajstić information content (AvgIpc) is 2.65. The fourth-order valence-electron chi connectivity index (χ4n) is 3.59. The van der Waals surface area contributed by atoms with Gasteiger partial charge in [-0.15, -0.1) is 0 Å². The fraction of sp³-hybridized carbons (Fsp3) is 0.833. The number of fused-ring (bicyclic) bond motifs is 3. The van der Waals surface area contributed by atoms with Crippen LogP contribution in [0.1, 0.15) is 32.1 Å². The maximum Gasteiger partial charge on any atom is 0.0164 e. The molecule has 1 heteroatoms. The maximum atomic E-state index is 3.71. The first-order valence-electron chi connectivity index (χ1n) is 5.87. The molecular weight excluding hydrogens is 158 g/mol. The third kappa shape index (κ3) is 1.25. The molecule has 4 atom stereocenters. The van der Waals surface area contributed by atoms with Gasteiger partial charge in [0.25, 0.3) is 0 Å². The molecular formula is C12H19N. The van der Waals surface area contributed by atoms with Crippen molar-refractivity contribution < 1.29 is 0 Å². The van der Waals surface area contributed by atoms with Crippen LogP contribution in [0.3, 0.4) is 0 Å². The zero-order chi connectivity index (χ0) is 8.67. The molecule has 0 aromatic heterocycles. The number of hydrogen-bond acceptors (Lipinski definition) is 1. The molecule has 0 bridgehead atoms. The van der Waals surface area contributed by atoms with Crippen LogP contribution in [0.5, 0.6) is 0 Å². The Morgan fingerprint density at radius 2 is 1.77 bits per heavy atom. The molecule has 0 aromatic carbocycles. The highest BCUT2D eigenvalue weighted by atomic mass is 15.0. The quantitative estimate of drug-likeness (QED) is 0.560. The first-order valence-corrected chi connectivity index (χ1v) is 5.87. The van der Waals surface area contributed by atoms with Crippen LogP contribution in [0.15, 0.2) is 12.2 Å². The van der Waals surface area contributed by atoms with E-state index < -0.39 is 0 Å². The molecule has 13 heavy (non-hydrogen) atoms. The number of nitrogens with one attached hydrogen (secondary N) is 1. The van der Waals surface area contributed by atoms with Gasteiger partial charge in [0.2, 0.25) is 0 Å². The second kappa shape index (κ2) is 3.13. The molecule has 1 saturated carbocycles. The summed E-state index contributed by atoms with van der Waals surface area (Å²) in [5.41, 5.74) is 0. The molecule has 1 saturated heterocycles. The van der Waals surface area contributed by atoms with Crippen LogP contribution in [-0.4, -0.2) is 12.6 Å². The van der Waals surface area contributed by atoms with Crippen molar-refractivity contribution in [3.63, 3.8) is 0 Å². The average molecular weight is 177 g/mol. The minimum Gasteiger partial charge on any atom is -0.313 e. The van der Waals surface area contributed by atoms with Crippen LogP contribution in [0.2, 0.25) is 0 Å². The second-order valence-electron chi connectivity index (χ2n) is 4.93. The molecule has 2 fully saturated rings. The van der Waals surface area contributed by atoms with Crippen molar-refractivity contribution in [2.45, 2.75) is 38.1 Å². The summed E-state index contributed by atoms with van der Waals surface area (Å²) in [5.74, 6) is 2.77. The van der Waals surface area contributed by atoms with Crippen molar-refractivity contribution in [2.24, 2.45) is 17.8 Å². The third-order valence-electron chi connectivity index (χ3n) is 4.26. The molecule has 3 rings (SSSR count). The Labute approximate surface area is 80.6 Å². The number of allylic oxidation sites excluding steroid dienone is 1. The minimum atomic E-state index is 0.843. The lowest BCUT2D eigenvalue weighted by molar-refractivity contribution is 0.197. The molecule has 1 nitrogen and oxygen atoms in total. The van der Waals surface area contributed by atoms with Crippen LogP contribution >= 0.6 is 0 Å². The van der Waals surface area contributed by atoms with Crippen LogP contribution in [0.4, 0.5) is 0 Å². The number of hydrogen-bond donors (Lipinski definition) is 1. The molecule has 2 aliphatic carbocycles. The van der Waals surface area contributed by atoms with Gasteiger partial charge in [-0.25, -0.2) is 0 Å². The van der Waals surface area contributed by atoms with Crippen LogP contribution in [0, 0.1) is 17.8 Å². The highest BCUT2D eigenvalue weighted by molar-refractivity contribution is 5.11. The van der Waals surface area contributed by atoms with E-state index in [0.717, 1.165) is 23.8 Å². The molecule has 2 unspecified atom stereocenters. The highest BCUT2D eigenvalue weighted by Crippen LogP contribution is 2.41. The molecule has 0 radical (unpaired) electrons. The predicted octanol–water partition coefficient (Wildman–Crippen LogP) is 2.34. The van der Waals surface area contributed by atoms with E-state index in [9.17, 15) is 0 Å². The molecule has 1 heterocycles. The molecule has 0 amide bonds. The zero-order valence-electron chi connectivity index (χ0n) is 8.21. The summed E-state index contributed by atoms with van der Waals surface area (Å²) in [7, 11) is 0. The van der Waals surface area contributed by atoms with E-state index in [4.69, 9.17) is 0 Å². The largest absolute Gasteiger partial charge is 0.313 e. The van der Waals surface area contributed by atoms with Crippen molar-refractivity contribution in [1.29, 1.82) is 0 Å². The van der Waals surface area contributed by atoms with Crippen molar-refractivity contribution in [3.8, 4) is 0 Å². The van der Waals surface area contributed by atoms with E-state index in [2.05, 4.69) is 17.5 Å². The van der Waals surface area contributed by atoms with Gasteiger partial charge >= 0.3 is 0 Å². The van der Waals surface area contributed by atoms with E-state index in [-0.39, 0.29) is 0 Å². The monoisotopic (exact) mass is 177 g/mol. The van der Waals surface area contributed by atoms with Gasteiger partial charge in [0.1, 0.15) is 0 Å². The lowest BCUT2D eigenvalue weighted by Gasteiger charge is -2.39. The predicted molar refractivity (Wildman–Crippen MR) is 54.5 cm³/mol. The van der Waals surface area contributed by atoms with E-state index in [1.54, 1.807) is 0 Å². The van der Waals surface area contributed by atoms with Crippen molar-refractivity contribution in [1.82, 2.24) is 5.32 Å². The third-order valence-corrected chi connectivity index (χ3v) is 4.26. The first-order chi connectivity index (χ1) is 6.45. The highest BCUT2D eigenvalue weighted by Gasteiger charge is 2.39. The Morgan fingerprint density at radius 3 is 2.77 bits per heavy atom. The van der Waals surface area contributed by atoms with E-state index in [0.29, 0.717) is 0 Å². The van der Waals surface area contributed by atoms with Crippen LogP contribution in [-0.2, 0) is 0 Å². The Hall–Kier alpha value is -0.300. The summed E-state index contributed by atoms with van der Waals surface area (Å²) in [6.45, 7) is 1.25. The fourth-order valence-corrected chi connectivity index (χ4v) is 3.59. The normalized spacial score (nSPS) is 48.6. The molecule has 1 N–H and O–H groups in total.